The minimum absolute atomic E-state index is 0.0814. The molecule has 2 N–H and O–H groups in total. The van der Waals surface area contributed by atoms with E-state index in [1.165, 1.54) is 16.0 Å². The Kier molecular flexibility index (Phi) is 6.73. The normalized spacial score (nSPS) is 16.3. The standard InChI is InChI=1S/C23H27N3O3/c1-4-28-21-12-17-10-11-26(15-19(17)13-22(21)29-5-2)16(3)23(27)25-20-9-7-6-8-18(20)14-24/h6-9,12-13,16H,4-5,10-11,15H2,1-3H3,(H,25,27)/p+1/t16-/m1/s1. The van der Waals surface area contributed by atoms with E-state index < -0.39 is 0 Å². The maximum absolute atomic E-state index is 12.8. The Balaban J connectivity index is 1.74. The molecule has 3 rings (SSSR count). The Morgan fingerprint density at radius 3 is 2.48 bits per heavy atom. The van der Waals surface area contributed by atoms with Crippen molar-refractivity contribution in [2.24, 2.45) is 0 Å². The molecule has 0 fully saturated rings. The van der Waals surface area contributed by atoms with Crippen LogP contribution in [0.1, 0.15) is 37.5 Å². The van der Waals surface area contributed by atoms with E-state index in [1.54, 1.807) is 18.2 Å². The number of quaternary nitrogens is 1. The van der Waals surface area contributed by atoms with Crippen molar-refractivity contribution in [3.8, 4) is 17.6 Å². The van der Waals surface area contributed by atoms with Gasteiger partial charge < -0.3 is 19.7 Å². The number of ether oxygens (including phenoxy) is 2. The van der Waals surface area contributed by atoms with Crippen molar-refractivity contribution in [2.45, 2.75) is 39.8 Å². The van der Waals surface area contributed by atoms with Gasteiger partial charge in [-0.05, 0) is 50.6 Å². The van der Waals surface area contributed by atoms with Gasteiger partial charge >= 0.3 is 0 Å². The molecule has 0 saturated carbocycles. The molecule has 1 unspecified atom stereocenters. The van der Waals surface area contributed by atoms with Gasteiger partial charge in [0.15, 0.2) is 17.5 Å². The Labute approximate surface area is 172 Å². The van der Waals surface area contributed by atoms with Gasteiger partial charge in [-0.15, -0.1) is 0 Å². The van der Waals surface area contributed by atoms with Gasteiger partial charge in [0.25, 0.3) is 5.91 Å². The highest BCUT2D eigenvalue weighted by molar-refractivity contribution is 5.94. The number of nitrogens with zero attached hydrogens (tertiary/aromatic N) is 1. The number of nitriles is 1. The Morgan fingerprint density at radius 1 is 1.17 bits per heavy atom. The third-order valence-electron chi connectivity index (χ3n) is 5.31. The average molecular weight is 394 g/mol. The van der Waals surface area contributed by atoms with Gasteiger partial charge in [0, 0.05) is 12.0 Å². The fraction of sp³-hybridized carbons (Fsp3) is 0.391. The molecule has 0 spiro atoms. The molecule has 0 radical (unpaired) electrons. The monoisotopic (exact) mass is 394 g/mol. The zero-order valence-corrected chi connectivity index (χ0v) is 17.2. The summed E-state index contributed by atoms with van der Waals surface area (Å²) in [6.45, 7) is 8.63. The number of carbonyl (C=O) groups is 1. The lowest BCUT2D eigenvalue weighted by atomic mass is 9.97. The topological polar surface area (TPSA) is 75.8 Å². The molecule has 0 aliphatic carbocycles. The molecule has 152 valence electrons. The van der Waals surface area contributed by atoms with Crippen LogP contribution in [-0.4, -0.2) is 31.7 Å². The van der Waals surface area contributed by atoms with Crippen LogP contribution in [0.2, 0.25) is 0 Å². The summed E-state index contributed by atoms with van der Waals surface area (Å²) in [7, 11) is 0. The number of rotatable bonds is 7. The first-order valence-electron chi connectivity index (χ1n) is 10.1. The molecule has 2 aromatic carbocycles. The van der Waals surface area contributed by atoms with Gasteiger partial charge in [0.1, 0.15) is 12.6 Å². The molecular weight excluding hydrogens is 366 g/mol. The zero-order chi connectivity index (χ0) is 20.8. The van der Waals surface area contributed by atoms with Gasteiger partial charge in [0.05, 0.1) is 31.0 Å². The van der Waals surface area contributed by atoms with E-state index in [0.29, 0.717) is 24.5 Å². The van der Waals surface area contributed by atoms with E-state index in [-0.39, 0.29) is 11.9 Å². The Bertz CT molecular complexity index is 920. The maximum atomic E-state index is 12.8. The molecule has 1 amide bonds. The number of fused-ring (bicyclic) bond motifs is 1. The number of hydrogen-bond acceptors (Lipinski definition) is 4. The first-order chi connectivity index (χ1) is 14.1. The highest BCUT2D eigenvalue weighted by Crippen LogP contribution is 2.32. The number of hydrogen-bond donors (Lipinski definition) is 2. The highest BCUT2D eigenvalue weighted by atomic mass is 16.5. The van der Waals surface area contributed by atoms with Crippen LogP contribution in [0.25, 0.3) is 0 Å². The second-order valence-electron chi connectivity index (χ2n) is 7.14. The third kappa shape index (κ3) is 4.69. The van der Waals surface area contributed by atoms with Crippen molar-refractivity contribution in [1.82, 2.24) is 0 Å². The molecule has 29 heavy (non-hydrogen) atoms. The van der Waals surface area contributed by atoms with Gasteiger partial charge in [-0.1, -0.05) is 12.1 Å². The van der Waals surface area contributed by atoms with E-state index in [2.05, 4.69) is 23.5 Å². The molecule has 0 bridgehead atoms. The summed E-state index contributed by atoms with van der Waals surface area (Å²) in [5, 5.41) is 12.1. The number of benzene rings is 2. The SMILES string of the molecule is CCOc1cc2c(cc1OCC)C[NH+]([C@H](C)C(=O)Nc1ccccc1C#N)CC2. The molecule has 1 aliphatic heterocycles. The first-order valence-corrected chi connectivity index (χ1v) is 10.1. The largest absolute Gasteiger partial charge is 0.490 e. The number of nitrogens with one attached hydrogen (secondary N) is 2. The number of amides is 1. The van der Waals surface area contributed by atoms with Gasteiger partial charge in [-0.3, -0.25) is 4.79 Å². The van der Waals surface area contributed by atoms with Crippen molar-refractivity contribution >= 4 is 11.6 Å². The van der Waals surface area contributed by atoms with Crippen molar-refractivity contribution in [2.75, 3.05) is 25.1 Å². The predicted octanol–water partition coefficient (Wildman–Crippen LogP) is 2.32. The van der Waals surface area contributed by atoms with Crippen LogP contribution in [-0.2, 0) is 17.8 Å². The number of para-hydroxylation sites is 1. The van der Waals surface area contributed by atoms with Crippen molar-refractivity contribution in [1.29, 1.82) is 5.26 Å². The van der Waals surface area contributed by atoms with E-state index in [9.17, 15) is 10.1 Å². The second-order valence-corrected chi connectivity index (χ2v) is 7.14. The molecular formula is C23H28N3O3+. The molecule has 2 aromatic rings. The Hall–Kier alpha value is -3.04. The molecule has 0 saturated heterocycles. The summed E-state index contributed by atoms with van der Waals surface area (Å²) >= 11 is 0. The maximum Gasteiger partial charge on any atom is 0.282 e. The summed E-state index contributed by atoms with van der Waals surface area (Å²) in [4.78, 5) is 14.0. The smallest absolute Gasteiger partial charge is 0.282 e. The van der Waals surface area contributed by atoms with Crippen LogP contribution >= 0.6 is 0 Å². The van der Waals surface area contributed by atoms with Crippen LogP contribution in [0.5, 0.6) is 11.5 Å². The fourth-order valence-electron chi connectivity index (χ4n) is 3.69. The average Bonchev–Trinajstić information content (AvgIpc) is 2.74. The highest BCUT2D eigenvalue weighted by Gasteiger charge is 2.30. The van der Waals surface area contributed by atoms with Gasteiger partial charge in [0.2, 0.25) is 0 Å². The van der Waals surface area contributed by atoms with Crippen LogP contribution in [0, 0.1) is 11.3 Å². The Morgan fingerprint density at radius 2 is 1.83 bits per heavy atom. The summed E-state index contributed by atoms with van der Waals surface area (Å²) in [6.07, 6.45) is 0.879. The fourth-order valence-corrected chi connectivity index (χ4v) is 3.69. The van der Waals surface area contributed by atoms with Crippen molar-refractivity contribution < 1.29 is 19.2 Å². The lowest BCUT2D eigenvalue weighted by Gasteiger charge is -2.30. The van der Waals surface area contributed by atoms with Crippen molar-refractivity contribution in [3.05, 3.63) is 53.1 Å². The lowest BCUT2D eigenvalue weighted by molar-refractivity contribution is -0.929. The summed E-state index contributed by atoms with van der Waals surface area (Å²) in [5.41, 5.74) is 3.47. The zero-order valence-electron chi connectivity index (χ0n) is 17.2. The quantitative estimate of drug-likeness (QED) is 0.756. The molecule has 1 aliphatic rings. The van der Waals surface area contributed by atoms with Crippen LogP contribution in [0.4, 0.5) is 5.69 Å². The number of anilines is 1. The lowest BCUT2D eigenvalue weighted by Crippen LogP contribution is -3.16. The molecule has 1 heterocycles. The minimum atomic E-state index is -0.239. The molecule has 6 heteroatoms. The van der Waals surface area contributed by atoms with Gasteiger partial charge in [-0.25, -0.2) is 0 Å². The first kappa shape index (κ1) is 20.7. The van der Waals surface area contributed by atoms with E-state index in [0.717, 1.165) is 31.0 Å². The third-order valence-corrected chi connectivity index (χ3v) is 5.31. The van der Waals surface area contributed by atoms with Crippen LogP contribution in [0.3, 0.4) is 0 Å². The van der Waals surface area contributed by atoms with Crippen LogP contribution < -0.4 is 19.7 Å². The summed E-state index contributed by atoms with van der Waals surface area (Å²) in [5.74, 6) is 1.46. The molecule has 6 nitrogen and oxygen atoms in total. The van der Waals surface area contributed by atoms with E-state index in [1.807, 2.05) is 26.8 Å². The molecule has 2 atom stereocenters. The van der Waals surface area contributed by atoms with E-state index in [4.69, 9.17) is 9.47 Å². The van der Waals surface area contributed by atoms with Crippen LogP contribution in [0.15, 0.2) is 36.4 Å². The summed E-state index contributed by atoms with van der Waals surface area (Å²) in [6, 6.07) is 13.1. The summed E-state index contributed by atoms with van der Waals surface area (Å²) < 4.78 is 11.5. The van der Waals surface area contributed by atoms with Gasteiger partial charge in [-0.2, -0.15) is 5.26 Å². The second kappa shape index (κ2) is 9.44. The minimum Gasteiger partial charge on any atom is -0.490 e. The molecule has 0 aromatic heterocycles. The number of carbonyl (C=O) groups excluding carboxylic acids is 1. The predicted molar refractivity (Wildman–Crippen MR) is 111 cm³/mol. The van der Waals surface area contributed by atoms with E-state index >= 15 is 0 Å². The van der Waals surface area contributed by atoms with Crippen molar-refractivity contribution in [3.63, 3.8) is 0 Å².